The molecule has 10 heteroatoms. The Morgan fingerprint density at radius 1 is 1.23 bits per heavy atom. The van der Waals surface area contributed by atoms with Crippen LogP contribution in [0.25, 0.3) is 11.6 Å². The van der Waals surface area contributed by atoms with Crippen molar-refractivity contribution in [2.45, 2.75) is 31.6 Å². The summed E-state index contributed by atoms with van der Waals surface area (Å²) in [5.74, 6) is 2.06. The van der Waals surface area contributed by atoms with E-state index in [-0.39, 0.29) is 5.92 Å². The molecule has 0 saturated carbocycles. The fourth-order valence-corrected chi connectivity index (χ4v) is 5.34. The monoisotopic (exact) mass is 422 g/mol. The first-order valence-electron chi connectivity index (χ1n) is 10.2. The highest BCUT2D eigenvalue weighted by Gasteiger charge is 2.32. The Morgan fingerprint density at radius 3 is 3.07 bits per heavy atom. The number of rotatable bonds is 3. The first-order chi connectivity index (χ1) is 14.7. The third kappa shape index (κ3) is 3.40. The second-order valence-electron chi connectivity index (χ2n) is 7.52. The Kier molecular flexibility index (Phi) is 5.06. The van der Waals surface area contributed by atoms with E-state index in [4.69, 9.17) is 10.3 Å². The number of nitrogens with one attached hydrogen (secondary N) is 1. The number of anilines is 2. The van der Waals surface area contributed by atoms with E-state index in [1.165, 1.54) is 11.3 Å². The summed E-state index contributed by atoms with van der Waals surface area (Å²) in [6.45, 7) is 3.79. The topological polar surface area (TPSA) is 130 Å². The van der Waals surface area contributed by atoms with Gasteiger partial charge in [0.1, 0.15) is 16.9 Å². The van der Waals surface area contributed by atoms with Gasteiger partial charge >= 0.3 is 0 Å². The predicted octanol–water partition coefficient (Wildman–Crippen LogP) is 2.31. The Labute approximate surface area is 177 Å². The maximum atomic E-state index is 9.57. The van der Waals surface area contributed by atoms with E-state index in [0.29, 0.717) is 28.1 Å². The molecule has 0 radical (unpaired) electrons. The van der Waals surface area contributed by atoms with Crippen LogP contribution in [0.2, 0.25) is 0 Å². The number of nitriles is 1. The fourth-order valence-electron chi connectivity index (χ4n) is 4.21. The fraction of sp³-hybridized carbons (Fsp3) is 0.450. The summed E-state index contributed by atoms with van der Waals surface area (Å²) < 4.78 is 5.62. The van der Waals surface area contributed by atoms with Crippen molar-refractivity contribution in [1.29, 1.82) is 5.26 Å². The lowest BCUT2D eigenvalue weighted by molar-refractivity contribution is 0.355. The molecule has 1 aliphatic heterocycles. The Hall–Kier alpha value is -3.03. The SMILES string of the molecule is N#Cc1c(N)sc2c1[C@@H](c1nc(-c3nccc(N4CCCNCC4)n3)no1)CCC2. The molecule has 0 bridgehead atoms. The lowest BCUT2D eigenvalue weighted by atomic mass is 9.85. The molecule has 154 valence electrons. The minimum atomic E-state index is -0.113. The molecule has 9 nitrogen and oxygen atoms in total. The van der Waals surface area contributed by atoms with Crippen LogP contribution < -0.4 is 16.0 Å². The molecule has 30 heavy (non-hydrogen) atoms. The van der Waals surface area contributed by atoms with Gasteiger partial charge < -0.3 is 20.5 Å². The quantitative estimate of drug-likeness (QED) is 0.653. The van der Waals surface area contributed by atoms with Crippen molar-refractivity contribution < 1.29 is 4.52 Å². The zero-order chi connectivity index (χ0) is 20.5. The van der Waals surface area contributed by atoms with Crippen LogP contribution in [0.4, 0.5) is 10.8 Å². The number of hydrogen-bond donors (Lipinski definition) is 2. The van der Waals surface area contributed by atoms with E-state index >= 15 is 0 Å². The van der Waals surface area contributed by atoms with Gasteiger partial charge in [0, 0.05) is 30.7 Å². The third-order valence-electron chi connectivity index (χ3n) is 5.65. The van der Waals surface area contributed by atoms with Crippen LogP contribution >= 0.6 is 11.3 Å². The third-order valence-corrected chi connectivity index (χ3v) is 6.75. The van der Waals surface area contributed by atoms with Crippen molar-refractivity contribution in [2.75, 3.05) is 36.8 Å². The molecule has 2 aliphatic rings. The molecule has 0 unspecified atom stereocenters. The number of hydrogen-bond acceptors (Lipinski definition) is 10. The molecule has 1 aliphatic carbocycles. The molecule has 1 fully saturated rings. The van der Waals surface area contributed by atoms with Crippen LogP contribution in [0.5, 0.6) is 0 Å². The molecule has 3 N–H and O–H groups in total. The molecule has 0 aromatic carbocycles. The van der Waals surface area contributed by atoms with Gasteiger partial charge in [-0.15, -0.1) is 11.3 Å². The van der Waals surface area contributed by atoms with Crippen molar-refractivity contribution in [3.63, 3.8) is 0 Å². The van der Waals surface area contributed by atoms with Crippen LogP contribution in [0.15, 0.2) is 16.8 Å². The average molecular weight is 423 g/mol. The van der Waals surface area contributed by atoms with Crippen molar-refractivity contribution >= 4 is 22.2 Å². The molecule has 1 atom stereocenters. The van der Waals surface area contributed by atoms with Gasteiger partial charge in [-0.1, -0.05) is 5.16 Å². The van der Waals surface area contributed by atoms with Gasteiger partial charge in [0.05, 0.1) is 11.5 Å². The molecular weight excluding hydrogens is 400 g/mol. The Bertz CT molecular complexity index is 1090. The molecule has 4 heterocycles. The summed E-state index contributed by atoms with van der Waals surface area (Å²) >= 11 is 1.49. The smallest absolute Gasteiger partial charge is 0.240 e. The number of nitrogens with zero attached hydrogens (tertiary/aromatic N) is 6. The van der Waals surface area contributed by atoms with Crippen LogP contribution in [0.3, 0.4) is 0 Å². The van der Waals surface area contributed by atoms with E-state index in [1.807, 2.05) is 6.07 Å². The highest BCUT2D eigenvalue weighted by atomic mass is 32.1. The second-order valence-corrected chi connectivity index (χ2v) is 8.66. The van der Waals surface area contributed by atoms with Gasteiger partial charge in [0.2, 0.25) is 17.5 Å². The summed E-state index contributed by atoms with van der Waals surface area (Å²) in [5, 5.41) is 17.7. The van der Waals surface area contributed by atoms with Crippen molar-refractivity contribution in [1.82, 2.24) is 25.4 Å². The standard InChI is InChI=1S/C20H22N8OS/c21-11-13-16-12(3-1-4-14(16)30-17(13)22)20-26-19(27-29-20)18-24-7-5-15(25-18)28-9-2-6-23-8-10-28/h5,7,12,23H,1-4,6,8-10,22H2/t12-/m0/s1. The maximum Gasteiger partial charge on any atom is 0.240 e. The number of aryl methyl sites for hydroxylation is 1. The van der Waals surface area contributed by atoms with Gasteiger partial charge in [-0.25, -0.2) is 9.97 Å². The van der Waals surface area contributed by atoms with Crippen molar-refractivity contribution in [3.05, 3.63) is 34.2 Å². The minimum Gasteiger partial charge on any atom is -0.389 e. The number of nitrogens with two attached hydrogens (primary N) is 1. The van der Waals surface area contributed by atoms with E-state index in [0.717, 1.165) is 68.1 Å². The zero-order valence-corrected chi connectivity index (χ0v) is 17.3. The van der Waals surface area contributed by atoms with E-state index < -0.39 is 0 Å². The van der Waals surface area contributed by atoms with Gasteiger partial charge in [-0.05, 0) is 43.9 Å². The van der Waals surface area contributed by atoms with E-state index in [9.17, 15) is 5.26 Å². The molecule has 5 rings (SSSR count). The largest absolute Gasteiger partial charge is 0.389 e. The van der Waals surface area contributed by atoms with Crippen LogP contribution in [-0.2, 0) is 6.42 Å². The summed E-state index contributed by atoms with van der Waals surface area (Å²) in [5.41, 5.74) is 7.57. The number of thiophene rings is 1. The summed E-state index contributed by atoms with van der Waals surface area (Å²) in [6, 6.07) is 4.16. The van der Waals surface area contributed by atoms with Crippen molar-refractivity contribution in [3.8, 4) is 17.7 Å². The first kappa shape index (κ1) is 19.0. The minimum absolute atomic E-state index is 0.113. The Balaban J connectivity index is 1.45. The average Bonchev–Trinajstić information content (AvgIpc) is 3.28. The van der Waals surface area contributed by atoms with Gasteiger partial charge in [-0.2, -0.15) is 10.2 Å². The summed E-state index contributed by atoms with van der Waals surface area (Å²) in [4.78, 5) is 17.0. The van der Waals surface area contributed by atoms with Crippen LogP contribution in [0.1, 0.15) is 47.1 Å². The van der Waals surface area contributed by atoms with Gasteiger partial charge in [0.25, 0.3) is 0 Å². The molecule has 3 aromatic heterocycles. The number of aromatic nitrogens is 4. The molecule has 0 amide bonds. The summed E-state index contributed by atoms with van der Waals surface area (Å²) in [6.07, 6.45) is 5.58. The maximum absolute atomic E-state index is 9.57. The van der Waals surface area contributed by atoms with Crippen LogP contribution in [0, 0.1) is 11.3 Å². The van der Waals surface area contributed by atoms with Gasteiger partial charge in [0.15, 0.2) is 0 Å². The lowest BCUT2D eigenvalue weighted by Crippen LogP contribution is -2.28. The molecule has 0 spiro atoms. The van der Waals surface area contributed by atoms with Crippen molar-refractivity contribution in [2.24, 2.45) is 0 Å². The van der Waals surface area contributed by atoms with E-state index in [1.54, 1.807) is 6.20 Å². The number of fused-ring (bicyclic) bond motifs is 1. The second kappa shape index (κ2) is 8.01. The first-order valence-corrected chi connectivity index (χ1v) is 11.0. The molecular formula is C20H22N8OS. The summed E-state index contributed by atoms with van der Waals surface area (Å²) in [7, 11) is 0. The van der Waals surface area contributed by atoms with E-state index in [2.05, 4.69) is 36.4 Å². The zero-order valence-electron chi connectivity index (χ0n) is 16.5. The highest BCUT2D eigenvalue weighted by Crippen LogP contribution is 2.44. The highest BCUT2D eigenvalue weighted by molar-refractivity contribution is 7.16. The normalized spacial score (nSPS) is 19.2. The molecule has 3 aromatic rings. The predicted molar refractivity (Wildman–Crippen MR) is 113 cm³/mol. The lowest BCUT2D eigenvalue weighted by Gasteiger charge is -2.20. The molecule has 1 saturated heterocycles. The number of nitrogen functional groups attached to an aromatic ring is 1. The van der Waals surface area contributed by atoms with Crippen LogP contribution in [-0.4, -0.2) is 46.3 Å². The van der Waals surface area contributed by atoms with Gasteiger partial charge in [-0.3, -0.25) is 0 Å². The Morgan fingerprint density at radius 2 is 2.17 bits per heavy atom.